The number of benzene rings is 3. The highest BCUT2D eigenvalue weighted by molar-refractivity contribution is 6.00. The molecule has 3 aromatic rings. The molecule has 4 rings (SSSR count). The first-order chi connectivity index (χ1) is 18.5. The number of rotatable bonds is 6. The van der Waals surface area contributed by atoms with E-state index in [1.165, 1.54) is 9.91 Å². The molecule has 0 spiro atoms. The standard InChI is InChI=1S/C32H38N4O3/c1-22-15-17-26(18-16-22)35(31(33)39)28-20-25(23-11-7-5-8-12-23)19-27(24-13-9-6-10-14-24)36(30(28)38)34-29(37)21-32(2,3)4/h5-18,25,27-28H,19-21H2,1-4H3,(H2,33,39)(H,34,37). The van der Waals surface area contributed by atoms with E-state index < -0.39 is 18.1 Å². The van der Waals surface area contributed by atoms with Gasteiger partial charge in [-0.15, -0.1) is 0 Å². The van der Waals surface area contributed by atoms with Gasteiger partial charge in [-0.05, 0) is 54.4 Å². The van der Waals surface area contributed by atoms with Crippen LogP contribution in [0.1, 0.15) is 68.7 Å². The SMILES string of the molecule is Cc1ccc(N(C(N)=O)C2CC(c3ccccc3)CC(c3ccccc3)N(NC(=O)CC(C)(C)C)C2=O)cc1. The lowest BCUT2D eigenvalue weighted by atomic mass is 9.86. The van der Waals surface area contributed by atoms with Crippen LogP contribution in [0.3, 0.4) is 0 Å². The maximum Gasteiger partial charge on any atom is 0.320 e. The third kappa shape index (κ3) is 6.85. The van der Waals surface area contributed by atoms with Gasteiger partial charge in [-0.3, -0.25) is 19.9 Å². The van der Waals surface area contributed by atoms with Crippen LogP contribution < -0.4 is 16.1 Å². The van der Waals surface area contributed by atoms with Crippen molar-refractivity contribution in [2.24, 2.45) is 11.1 Å². The molecule has 0 saturated carbocycles. The van der Waals surface area contributed by atoms with Crippen molar-refractivity contribution in [1.82, 2.24) is 10.4 Å². The van der Waals surface area contributed by atoms with Crippen molar-refractivity contribution < 1.29 is 14.4 Å². The molecule has 4 amide bonds. The topological polar surface area (TPSA) is 95.7 Å². The van der Waals surface area contributed by atoms with E-state index in [4.69, 9.17) is 5.73 Å². The molecule has 1 aliphatic rings. The van der Waals surface area contributed by atoms with E-state index in [2.05, 4.69) is 5.43 Å². The Morgan fingerprint density at radius 3 is 2.00 bits per heavy atom. The highest BCUT2D eigenvalue weighted by Crippen LogP contribution is 2.40. The van der Waals surface area contributed by atoms with Crippen LogP contribution in [0, 0.1) is 12.3 Å². The van der Waals surface area contributed by atoms with E-state index in [0.29, 0.717) is 18.5 Å². The highest BCUT2D eigenvalue weighted by atomic mass is 16.2. The van der Waals surface area contributed by atoms with E-state index in [1.54, 1.807) is 12.1 Å². The average Bonchev–Trinajstić information content (AvgIpc) is 3.02. The second-order valence-corrected chi connectivity index (χ2v) is 11.5. The van der Waals surface area contributed by atoms with Gasteiger partial charge in [-0.25, -0.2) is 9.80 Å². The number of nitrogens with two attached hydrogens (primary N) is 1. The fourth-order valence-electron chi connectivity index (χ4n) is 5.28. The van der Waals surface area contributed by atoms with E-state index in [1.807, 2.05) is 100 Å². The molecular weight excluding hydrogens is 488 g/mol. The molecule has 3 N–H and O–H groups in total. The molecule has 39 heavy (non-hydrogen) atoms. The van der Waals surface area contributed by atoms with Crippen molar-refractivity contribution in [3.63, 3.8) is 0 Å². The number of urea groups is 1. The van der Waals surface area contributed by atoms with E-state index in [9.17, 15) is 14.4 Å². The molecule has 0 bridgehead atoms. The van der Waals surface area contributed by atoms with Gasteiger partial charge in [0.1, 0.15) is 6.04 Å². The van der Waals surface area contributed by atoms with Gasteiger partial charge in [0.15, 0.2) is 0 Å². The Hall–Kier alpha value is -4.13. The summed E-state index contributed by atoms with van der Waals surface area (Å²) in [6.07, 6.45) is 1.16. The Morgan fingerprint density at radius 2 is 1.46 bits per heavy atom. The molecule has 1 fully saturated rings. The van der Waals surface area contributed by atoms with E-state index >= 15 is 0 Å². The summed E-state index contributed by atoms with van der Waals surface area (Å²) in [5.74, 6) is -0.708. The quantitative estimate of drug-likeness (QED) is 0.421. The molecule has 7 nitrogen and oxygen atoms in total. The number of aryl methyl sites for hydroxylation is 1. The summed E-state index contributed by atoms with van der Waals surface area (Å²) < 4.78 is 0. The minimum atomic E-state index is -0.918. The first-order valence-electron chi connectivity index (χ1n) is 13.4. The van der Waals surface area contributed by atoms with E-state index in [-0.39, 0.29) is 29.6 Å². The number of hydrogen-bond donors (Lipinski definition) is 2. The van der Waals surface area contributed by atoms with Crippen LogP contribution in [0.5, 0.6) is 0 Å². The van der Waals surface area contributed by atoms with Gasteiger partial charge in [0.2, 0.25) is 5.91 Å². The number of anilines is 1. The van der Waals surface area contributed by atoms with Gasteiger partial charge in [-0.1, -0.05) is 99.1 Å². The number of hydrazine groups is 1. The normalized spacial score (nSPS) is 19.7. The summed E-state index contributed by atoms with van der Waals surface area (Å²) in [5, 5.41) is 1.45. The molecule has 0 aliphatic carbocycles. The molecule has 1 aliphatic heterocycles. The Morgan fingerprint density at radius 1 is 0.897 bits per heavy atom. The maximum atomic E-state index is 14.5. The first kappa shape index (κ1) is 27.9. The van der Waals surface area contributed by atoms with Crippen molar-refractivity contribution in [1.29, 1.82) is 0 Å². The molecule has 7 heteroatoms. The molecule has 1 heterocycles. The van der Waals surface area contributed by atoms with Crippen LogP contribution in [0.4, 0.5) is 10.5 Å². The Balaban J connectivity index is 1.84. The second kappa shape index (κ2) is 11.7. The highest BCUT2D eigenvalue weighted by Gasteiger charge is 2.43. The zero-order valence-electron chi connectivity index (χ0n) is 23.1. The Bertz CT molecular complexity index is 1290. The molecule has 3 aromatic carbocycles. The van der Waals surface area contributed by atoms with Gasteiger partial charge >= 0.3 is 6.03 Å². The molecule has 1 saturated heterocycles. The van der Waals surface area contributed by atoms with Gasteiger partial charge < -0.3 is 5.73 Å². The molecule has 0 radical (unpaired) electrons. The van der Waals surface area contributed by atoms with Gasteiger partial charge in [0.05, 0.1) is 6.04 Å². The number of carbonyl (C=O) groups excluding carboxylic acids is 3. The maximum absolute atomic E-state index is 14.5. The third-order valence-electron chi connectivity index (χ3n) is 7.10. The summed E-state index contributed by atoms with van der Waals surface area (Å²) in [6, 6.07) is 25.0. The van der Waals surface area contributed by atoms with Crippen LogP contribution in [0.15, 0.2) is 84.9 Å². The van der Waals surface area contributed by atoms with Crippen LogP contribution in [0.2, 0.25) is 0 Å². The lowest BCUT2D eigenvalue weighted by molar-refractivity contribution is -0.145. The average molecular weight is 527 g/mol. The van der Waals surface area contributed by atoms with Crippen LogP contribution >= 0.6 is 0 Å². The smallest absolute Gasteiger partial charge is 0.320 e. The summed E-state index contributed by atoms with van der Waals surface area (Å²) >= 11 is 0. The van der Waals surface area contributed by atoms with Gasteiger partial charge in [0.25, 0.3) is 5.91 Å². The monoisotopic (exact) mass is 526 g/mol. The fourth-order valence-corrected chi connectivity index (χ4v) is 5.28. The van der Waals surface area contributed by atoms with Crippen LogP contribution in [-0.2, 0) is 9.59 Å². The molecular formula is C32H38N4O3. The number of amides is 4. The second-order valence-electron chi connectivity index (χ2n) is 11.5. The number of nitrogens with zero attached hydrogens (tertiary/aromatic N) is 2. The Kier molecular flexibility index (Phi) is 8.38. The number of hydrogen-bond acceptors (Lipinski definition) is 3. The van der Waals surface area contributed by atoms with Gasteiger partial charge in [-0.2, -0.15) is 0 Å². The molecule has 0 aromatic heterocycles. The summed E-state index contributed by atoms with van der Waals surface area (Å²) in [6.45, 7) is 7.89. The number of carbonyl (C=O) groups is 3. The summed E-state index contributed by atoms with van der Waals surface area (Å²) in [5.41, 5.74) is 12.1. The predicted octanol–water partition coefficient (Wildman–Crippen LogP) is 5.86. The van der Waals surface area contributed by atoms with Gasteiger partial charge in [0, 0.05) is 12.1 Å². The minimum absolute atomic E-state index is 0.0813. The van der Waals surface area contributed by atoms with Crippen molar-refractivity contribution in [3.8, 4) is 0 Å². The number of primary amides is 1. The zero-order valence-corrected chi connectivity index (χ0v) is 23.1. The fraction of sp³-hybridized carbons (Fsp3) is 0.344. The van der Waals surface area contributed by atoms with Crippen molar-refractivity contribution in [3.05, 3.63) is 102 Å². The van der Waals surface area contributed by atoms with Crippen molar-refractivity contribution in [2.75, 3.05) is 4.90 Å². The molecule has 3 atom stereocenters. The van der Waals surface area contributed by atoms with Crippen molar-refractivity contribution in [2.45, 2.75) is 65.0 Å². The zero-order chi connectivity index (χ0) is 28.2. The lowest BCUT2D eigenvalue weighted by Gasteiger charge is -2.35. The Labute approximate surface area is 231 Å². The summed E-state index contributed by atoms with van der Waals surface area (Å²) in [7, 11) is 0. The largest absolute Gasteiger partial charge is 0.351 e. The molecule has 204 valence electrons. The third-order valence-corrected chi connectivity index (χ3v) is 7.10. The lowest BCUT2D eigenvalue weighted by Crippen LogP contribution is -2.57. The molecule has 3 unspecified atom stereocenters. The van der Waals surface area contributed by atoms with Crippen LogP contribution in [-0.4, -0.2) is 28.9 Å². The summed E-state index contributed by atoms with van der Waals surface area (Å²) in [4.78, 5) is 42.0. The van der Waals surface area contributed by atoms with E-state index in [0.717, 1.165) is 16.7 Å². The minimum Gasteiger partial charge on any atom is -0.351 e. The first-order valence-corrected chi connectivity index (χ1v) is 13.4. The predicted molar refractivity (Wildman–Crippen MR) is 154 cm³/mol. The van der Waals surface area contributed by atoms with Crippen LogP contribution in [0.25, 0.3) is 0 Å². The number of nitrogens with one attached hydrogen (secondary N) is 1. The van der Waals surface area contributed by atoms with Crippen molar-refractivity contribution >= 4 is 23.5 Å².